The standard InChI is InChI=1S/C24H29N3O7S4/c1-16-13-27(17(2)15-28)24(29)19-12-18(25-37(30,31)22-6-4-10-35-22)8-9-20(19)34-21(16)14-26(3)38(32,33)23-7-5-11-36-23/h4-12,16-17,21,25,28H,13-15H2,1-3H3/t16-,17+,21+/m1/s1. The van der Waals surface area contributed by atoms with Gasteiger partial charge in [0.25, 0.3) is 26.0 Å². The van der Waals surface area contributed by atoms with Gasteiger partial charge in [-0.15, -0.1) is 22.7 Å². The number of fused-ring (bicyclic) bond motifs is 1. The lowest BCUT2D eigenvalue weighted by molar-refractivity contribution is 0.0387. The van der Waals surface area contributed by atoms with E-state index in [1.807, 2.05) is 6.92 Å². The van der Waals surface area contributed by atoms with Crippen molar-refractivity contribution in [2.75, 3.05) is 31.5 Å². The normalized spacial score (nSPS) is 19.4. The van der Waals surface area contributed by atoms with E-state index in [1.54, 1.807) is 29.8 Å². The van der Waals surface area contributed by atoms with E-state index in [-0.39, 0.29) is 51.0 Å². The van der Waals surface area contributed by atoms with Crippen LogP contribution in [-0.2, 0) is 20.0 Å². The van der Waals surface area contributed by atoms with Gasteiger partial charge in [0.15, 0.2) is 0 Å². The van der Waals surface area contributed by atoms with Gasteiger partial charge in [-0.25, -0.2) is 16.8 Å². The summed E-state index contributed by atoms with van der Waals surface area (Å²) in [6.45, 7) is 3.50. The largest absolute Gasteiger partial charge is 0.488 e. The summed E-state index contributed by atoms with van der Waals surface area (Å²) in [7, 11) is -6.10. The van der Waals surface area contributed by atoms with Gasteiger partial charge in [-0.1, -0.05) is 19.1 Å². The van der Waals surface area contributed by atoms with E-state index < -0.39 is 38.1 Å². The van der Waals surface area contributed by atoms with Crippen LogP contribution in [0.1, 0.15) is 24.2 Å². The highest BCUT2D eigenvalue weighted by molar-refractivity contribution is 7.94. The maximum atomic E-state index is 13.6. The van der Waals surface area contributed by atoms with E-state index in [2.05, 4.69) is 4.72 Å². The van der Waals surface area contributed by atoms with Crippen molar-refractivity contribution in [3.63, 3.8) is 0 Å². The maximum absolute atomic E-state index is 13.6. The molecule has 0 saturated heterocycles. The number of hydrogen-bond acceptors (Lipinski definition) is 9. The van der Waals surface area contributed by atoms with Gasteiger partial charge in [-0.05, 0) is 48.0 Å². The molecule has 3 heterocycles. The molecule has 2 aromatic heterocycles. The number of likely N-dealkylation sites (N-methyl/N-ethyl adjacent to an activating group) is 1. The third-order valence-corrected chi connectivity index (χ3v) is 12.2. The first kappa shape index (κ1) is 28.5. The number of nitrogens with one attached hydrogen (secondary N) is 1. The van der Waals surface area contributed by atoms with Crippen LogP contribution in [0.15, 0.2) is 61.6 Å². The first-order valence-corrected chi connectivity index (χ1v) is 16.4. The molecule has 14 heteroatoms. The second-order valence-electron chi connectivity index (χ2n) is 9.09. The van der Waals surface area contributed by atoms with E-state index in [0.717, 1.165) is 22.7 Å². The summed E-state index contributed by atoms with van der Waals surface area (Å²) in [5, 5.41) is 13.2. The lowest BCUT2D eigenvalue weighted by Crippen LogP contribution is -2.50. The summed E-state index contributed by atoms with van der Waals surface area (Å²) in [5.41, 5.74) is 0.283. The Bertz CT molecular complexity index is 1470. The molecule has 0 aliphatic carbocycles. The number of sulfonamides is 2. The lowest BCUT2D eigenvalue weighted by atomic mass is 9.99. The van der Waals surface area contributed by atoms with Crippen molar-refractivity contribution in [3.05, 3.63) is 58.8 Å². The zero-order valence-electron chi connectivity index (χ0n) is 21.0. The quantitative estimate of drug-likeness (QED) is 0.386. The van der Waals surface area contributed by atoms with Crippen molar-refractivity contribution < 1.29 is 31.5 Å². The smallest absolute Gasteiger partial charge is 0.271 e. The van der Waals surface area contributed by atoms with Crippen LogP contribution in [0.25, 0.3) is 0 Å². The molecular weight excluding hydrogens is 571 g/mol. The number of amides is 1. The van der Waals surface area contributed by atoms with Gasteiger partial charge in [0.2, 0.25) is 0 Å². The molecule has 0 bridgehead atoms. The maximum Gasteiger partial charge on any atom is 0.271 e. The molecule has 4 rings (SSSR count). The Kier molecular flexibility index (Phi) is 8.49. The summed E-state index contributed by atoms with van der Waals surface area (Å²) < 4.78 is 61.9. The molecule has 10 nitrogen and oxygen atoms in total. The number of aliphatic hydroxyl groups is 1. The van der Waals surface area contributed by atoms with Crippen molar-refractivity contribution in [2.45, 2.75) is 34.4 Å². The molecule has 0 radical (unpaired) electrons. The van der Waals surface area contributed by atoms with Gasteiger partial charge < -0.3 is 14.7 Å². The van der Waals surface area contributed by atoms with Gasteiger partial charge in [-0.3, -0.25) is 9.52 Å². The summed E-state index contributed by atoms with van der Waals surface area (Å²) >= 11 is 2.19. The number of carbonyl (C=O) groups excluding carboxylic acids is 1. The van der Waals surface area contributed by atoms with Crippen LogP contribution in [0.5, 0.6) is 5.75 Å². The minimum Gasteiger partial charge on any atom is -0.488 e. The molecule has 1 aromatic carbocycles. The van der Waals surface area contributed by atoms with Crippen LogP contribution < -0.4 is 9.46 Å². The highest BCUT2D eigenvalue weighted by Gasteiger charge is 2.35. The highest BCUT2D eigenvalue weighted by atomic mass is 32.3. The summed E-state index contributed by atoms with van der Waals surface area (Å²) in [4.78, 5) is 15.1. The van der Waals surface area contributed by atoms with E-state index in [4.69, 9.17) is 4.74 Å². The molecule has 0 fully saturated rings. The monoisotopic (exact) mass is 599 g/mol. The number of hydrogen-bond donors (Lipinski definition) is 2. The fraction of sp³-hybridized carbons (Fsp3) is 0.375. The number of nitrogens with zero attached hydrogens (tertiary/aromatic N) is 2. The fourth-order valence-corrected chi connectivity index (χ4v) is 8.47. The molecule has 2 N–H and O–H groups in total. The molecule has 0 unspecified atom stereocenters. The van der Waals surface area contributed by atoms with Crippen LogP contribution in [0.2, 0.25) is 0 Å². The molecular formula is C24H29N3O7S4. The number of anilines is 1. The fourth-order valence-electron chi connectivity index (χ4n) is 4.04. The van der Waals surface area contributed by atoms with E-state index in [1.165, 1.54) is 46.6 Å². The van der Waals surface area contributed by atoms with E-state index in [9.17, 15) is 26.7 Å². The molecule has 0 saturated carbocycles. The average molecular weight is 600 g/mol. The van der Waals surface area contributed by atoms with Gasteiger partial charge in [0.1, 0.15) is 20.3 Å². The lowest BCUT2D eigenvalue weighted by Gasteiger charge is -2.38. The Morgan fingerprint density at radius 1 is 1.13 bits per heavy atom. The first-order valence-electron chi connectivity index (χ1n) is 11.7. The Balaban J connectivity index is 1.68. The zero-order chi connectivity index (χ0) is 27.7. The number of carbonyl (C=O) groups is 1. The minimum absolute atomic E-state index is 0.0170. The number of rotatable bonds is 9. The Morgan fingerprint density at radius 2 is 1.79 bits per heavy atom. The molecule has 1 amide bonds. The number of aliphatic hydroxyl groups excluding tert-OH is 1. The van der Waals surface area contributed by atoms with Crippen LogP contribution in [0.3, 0.4) is 0 Å². The third-order valence-electron chi connectivity index (χ3n) is 6.27. The van der Waals surface area contributed by atoms with Crippen molar-refractivity contribution in [1.29, 1.82) is 0 Å². The summed E-state index contributed by atoms with van der Waals surface area (Å²) in [5.74, 6) is -0.523. The molecule has 1 aliphatic heterocycles. The van der Waals surface area contributed by atoms with Crippen LogP contribution in [-0.4, -0.2) is 75.9 Å². The predicted octanol–water partition coefficient (Wildman–Crippen LogP) is 3.15. The summed E-state index contributed by atoms with van der Waals surface area (Å²) in [6.07, 6.45) is -0.636. The second-order valence-corrected chi connectivity index (χ2v) is 15.2. The third kappa shape index (κ3) is 5.90. The number of thiophene rings is 2. The van der Waals surface area contributed by atoms with Crippen molar-refractivity contribution in [1.82, 2.24) is 9.21 Å². The molecule has 0 spiro atoms. The van der Waals surface area contributed by atoms with Gasteiger partial charge in [-0.2, -0.15) is 4.31 Å². The number of benzene rings is 1. The Labute approximate surface area is 230 Å². The van der Waals surface area contributed by atoms with Crippen molar-refractivity contribution in [2.24, 2.45) is 5.92 Å². The Morgan fingerprint density at radius 3 is 2.39 bits per heavy atom. The molecule has 1 aliphatic rings. The Hall–Kier alpha value is -2.49. The average Bonchev–Trinajstić information content (AvgIpc) is 3.61. The zero-order valence-corrected chi connectivity index (χ0v) is 24.2. The second kappa shape index (κ2) is 11.3. The molecule has 3 aromatic rings. The molecule has 206 valence electrons. The minimum atomic E-state index is -3.85. The van der Waals surface area contributed by atoms with E-state index >= 15 is 0 Å². The molecule has 3 atom stereocenters. The van der Waals surface area contributed by atoms with Gasteiger partial charge in [0, 0.05) is 25.2 Å². The predicted molar refractivity (Wildman–Crippen MR) is 147 cm³/mol. The first-order chi connectivity index (χ1) is 17.9. The highest BCUT2D eigenvalue weighted by Crippen LogP contribution is 2.32. The van der Waals surface area contributed by atoms with Crippen LogP contribution in [0, 0.1) is 5.92 Å². The topological polar surface area (TPSA) is 133 Å². The van der Waals surface area contributed by atoms with Crippen molar-refractivity contribution >= 4 is 54.3 Å². The van der Waals surface area contributed by atoms with Gasteiger partial charge >= 0.3 is 0 Å². The van der Waals surface area contributed by atoms with Crippen LogP contribution in [0.4, 0.5) is 5.69 Å². The van der Waals surface area contributed by atoms with Gasteiger partial charge in [0.05, 0.1) is 24.8 Å². The van der Waals surface area contributed by atoms with E-state index in [0.29, 0.717) is 0 Å². The van der Waals surface area contributed by atoms with Crippen LogP contribution >= 0.6 is 22.7 Å². The summed E-state index contributed by atoms with van der Waals surface area (Å²) in [6, 6.07) is 10.2. The SMILES string of the molecule is C[C@@H]1CN([C@@H](C)CO)C(=O)c2cc(NS(=O)(=O)c3cccs3)ccc2O[C@H]1CN(C)S(=O)(=O)c1cccs1. The van der Waals surface area contributed by atoms with Crippen molar-refractivity contribution in [3.8, 4) is 5.75 Å². The number of ether oxygens (including phenoxy) is 1. The molecule has 38 heavy (non-hydrogen) atoms.